The lowest BCUT2D eigenvalue weighted by molar-refractivity contribution is 0.297. The Kier molecular flexibility index (Phi) is 5.62. The average Bonchev–Trinajstić information content (AvgIpc) is 2.75. The Bertz CT molecular complexity index is 1250. The number of phosphoric ester groups is 1. The van der Waals surface area contributed by atoms with Crippen molar-refractivity contribution in [2.24, 2.45) is 0 Å². The molecule has 0 unspecified atom stereocenters. The second-order valence-electron chi connectivity index (χ2n) is 7.34. The van der Waals surface area contributed by atoms with Gasteiger partial charge in [-0.15, -0.1) is 0 Å². The first-order valence-electron chi connectivity index (χ1n) is 9.88. The van der Waals surface area contributed by atoms with E-state index in [0.29, 0.717) is 33.6 Å². The van der Waals surface area contributed by atoms with E-state index in [0.717, 1.165) is 11.1 Å². The average molecular weight is 434 g/mol. The van der Waals surface area contributed by atoms with Gasteiger partial charge in [-0.05, 0) is 55.7 Å². The van der Waals surface area contributed by atoms with Crippen molar-refractivity contribution in [3.8, 4) is 23.0 Å². The molecule has 0 saturated carbocycles. The smallest absolute Gasteiger partial charge is 0.507 e. The van der Waals surface area contributed by atoms with Gasteiger partial charge in [0.15, 0.2) is 0 Å². The minimum atomic E-state index is -4.17. The second kappa shape index (κ2) is 8.37. The number of rotatable bonds is 6. The minimum Gasteiger partial charge on any atom is -0.507 e. The minimum absolute atomic E-state index is 0.120. The van der Waals surface area contributed by atoms with Crippen LogP contribution in [-0.2, 0) is 4.57 Å². The number of phenolic OH excluding ortho intramolecular Hbond substituents is 1. The van der Waals surface area contributed by atoms with E-state index in [2.05, 4.69) is 0 Å². The zero-order chi connectivity index (χ0) is 22.0. The van der Waals surface area contributed by atoms with Crippen LogP contribution in [0.15, 0.2) is 78.9 Å². The highest BCUT2D eigenvalue weighted by molar-refractivity contribution is 7.49. The number of phosphoric acid groups is 1. The molecule has 31 heavy (non-hydrogen) atoms. The Morgan fingerprint density at radius 2 is 1.13 bits per heavy atom. The van der Waals surface area contributed by atoms with Gasteiger partial charge in [0, 0.05) is 10.8 Å². The number of para-hydroxylation sites is 2. The van der Waals surface area contributed by atoms with Crippen LogP contribution in [0.4, 0.5) is 0 Å². The fourth-order valence-electron chi connectivity index (χ4n) is 3.31. The van der Waals surface area contributed by atoms with Gasteiger partial charge >= 0.3 is 7.82 Å². The van der Waals surface area contributed by atoms with Crippen molar-refractivity contribution in [1.29, 1.82) is 0 Å². The fraction of sp³-hybridized carbons (Fsp3) is 0.120. The van der Waals surface area contributed by atoms with Gasteiger partial charge in [-0.3, -0.25) is 0 Å². The first-order chi connectivity index (χ1) is 14.9. The zero-order valence-corrected chi connectivity index (χ0v) is 18.4. The van der Waals surface area contributed by atoms with Crippen molar-refractivity contribution in [2.75, 3.05) is 0 Å². The van der Waals surface area contributed by atoms with Crippen molar-refractivity contribution in [1.82, 2.24) is 0 Å². The topological polar surface area (TPSA) is 65.0 Å². The summed E-state index contributed by atoms with van der Waals surface area (Å²) in [5, 5.41) is 11.5. The molecule has 0 atom stereocenters. The molecule has 0 spiro atoms. The highest BCUT2D eigenvalue weighted by atomic mass is 31.2. The summed E-state index contributed by atoms with van der Waals surface area (Å²) in [7, 11) is -4.17. The molecule has 6 heteroatoms. The number of fused-ring (bicyclic) bond motifs is 1. The van der Waals surface area contributed by atoms with Gasteiger partial charge in [-0.25, -0.2) is 0 Å². The van der Waals surface area contributed by atoms with Gasteiger partial charge in [0.2, 0.25) is 0 Å². The second-order valence-corrected chi connectivity index (χ2v) is 8.78. The summed E-state index contributed by atoms with van der Waals surface area (Å²) in [5.41, 5.74) is 2.21. The summed E-state index contributed by atoms with van der Waals surface area (Å²) < 4.78 is 31.8. The predicted octanol–water partition coefficient (Wildman–Crippen LogP) is 7.12. The van der Waals surface area contributed by atoms with Crippen molar-refractivity contribution in [3.05, 3.63) is 95.6 Å². The van der Waals surface area contributed by atoms with Crippen LogP contribution in [0.5, 0.6) is 23.0 Å². The maximum Gasteiger partial charge on any atom is 0.647 e. The van der Waals surface area contributed by atoms with E-state index in [4.69, 9.17) is 13.6 Å². The molecule has 0 fully saturated rings. The Morgan fingerprint density at radius 1 is 0.645 bits per heavy atom. The van der Waals surface area contributed by atoms with Crippen LogP contribution in [0, 0.1) is 20.8 Å². The molecular weight excluding hydrogens is 411 g/mol. The van der Waals surface area contributed by atoms with Crippen molar-refractivity contribution in [2.45, 2.75) is 20.8 Å². The molecule has 0 heterocycles. The van der Waals surface area contributed by atoms with Crippen LogP contribution in [-0.4, -0.2) is 5.11 Å². The fourth-order valence-corrected chi connectivity index (χ4v) is 4.78. The summed E-state index contributed by atoms with van der Waals surface area (Å²) in [6.45, 7) is 5.48. The molecule has 4 rings (SSSR count). The lowest BCUT2D eigenvalue weighted by atomic mass is 10.1. The Morgan fingerprint density at radius 3 is 1.68 bits per heavy atom. The molecule has 0 aliphatic heterocycles. The summed E-state index contributed by atoms with van der Waals surface area (Å²) in [5.74, 6) is 1.26. The first-order valence-corrected chi connectivity index (χ1v) is 11.3. The highest BCUT2D eigenvalue weighted by Gasteiger charge is 2.35. The van der Waals surface area contributed by atoms with Gasteiger partial charge in [-0.1, -0.05) is 60.7 Å². The van der Waals surface area contributed by atoms with Crippen molar-refractivity contribution >= 4 is 18.6 Å². The molecule has 4 aromatic carbocycles. The van der Waals surface area contributed by atoms with Crippen LogP contribution >= 0.6 is 7.82 Å². The van der Waals surface area contributed by atoms with Gasteiger partial charge in [0.1, 0.15) is 23.0 Å². The zero-order valence-electron chi connectivity index (χ0n) is 17.5. The van der Waals surface area contributed by atoms with Gasteiger partial charge in [-0.2, -0.15) is 4.57 Å². The van der Waals surface area contributed by atoms with E-state index in [1.165, 1.54) is 0 Å². The van der Waals surface area contributed by atoms with E-state index >= 15 is 0 Å². The summed E-state index contributed by atoms with van der Waals surface area (Å²) in [6.07, 6.45) is 0. The van der Waals surface area contributed by atoms with Crippen LogP contribution in [0.3, 0.4) is 0 Å². The first kappa shape index (κ1) is 20.8. The van der Waals surface area contributed by atoms with Gasteiger partial charge in [0.05, 0.1) is 0 Å². The number of hydrogen-bond donors (Lipinski definition) is 1. The summed E-state index contributed by atoms with van der Waals surface area (Å²) >= 11 is 0. The number of aromatic hydroxyl groups is 1. The van der Waals surface area contributed by atoms with E-state index < -0.39 is 7.82 Å². The van der Waals surface area contributed by atoms with Gasteiger partial charge in [0.25, 0.3) is 0 Å². The molecular formula is C25H23O5P. The van der Waals surface area contributed by atoms with Crippen LogP contribution in [0.1, 0.15) is 16.7 Å². The molecule has 5 nitrogen and oxygen atoms in total. The third-order valence-electron chi connectivity index (χ3n) is 4.97. The predicted molar refractivity (Wildman–Crippen MR) is 122 cm³/mol. The lowest BCUT2D eigenvalue weighted by Crippen LogP contribution is -2.09. The third-order valence-corrected chi connectivity index (χ3v) is 6.22. The van der Waals surface area contributed by atoms with Crippen LogP contribution < -0.4 is 13.6 Å². The SMILES string of the molecule is Cc1ccccc1OP(=O)(Oc1ccccc1C)Oc1c(C)cc(O)c2ccccc12. The maximum atomic E-state index is 14.0. The molecule has 0 bridgehead atoms. The monoisotopic (exact) mass is 434 g/mol. The number of aryl methyl sites for hydroxylation is 3. The Labute approximate surface area is 181 Å². The van der Waals surface area contributed by atoms with Crippen LogP contribution in [0.25, 0.3) is 10.8 Å². The molecule has 4 aromatic rings. The summed E-state index contributed by atoms with van der Waals surface area (Å²) in [4.78, 5) is 0. The highest BCUT2D eigenvalue weighted by Crippen LogP contribution is 2.53. The van der Waals surface area contributed by atoms with Crippen molar-refractivity contribution in [3.63, 3.8) is 0 Å². The summed E-state index contributed by atoms with van der Waals surface area (Å²) in [6, 6.07) is 23.2. The Hall–Kier alpha value is -3.43. The lowest BCUT2D eigenvalue weighted by Gasteiger charge is -2.22. The van der Waals surface area contributed by atoms with Gasteiger partial charge < -0.3 is 18.7 Å². The molecule has 0 amide bonds. The van der Waals surface area contributed by atoms with Crippen LogP contribution in [0.2, 0.25) is 0 Å². The van der Waals surface area contributed by atoms with E-state index in [9.17, 15) is 9.67 Å². The third kappa shape index (κ3) is 4.37. The van der Waals surface area contributed by atoms with Crippen molar-refractivity contribution < 1.29 is 23.2 Å². The molecule has 0 aromatic heterocycles. The molecule has 1 N–H and O–H groups in total. The molecule has 0 aliphatic rings. The Balaban J connectivity index is 1.82. The quantitative estimate of drug-likeness (QED) is 0.328. The molecule has 0 radical (unpaired) electrons. The standard InChI is InChI=1S/C25H23O5P/c1-17-10-4-8-14-23(17)28-31(27,29-24-15-9-5-11-18(24)2)30-25-19(3)16-22(26)20-12-6-7-13-21(20)25/h4-16,26H,1-3H3. The number of hydrogen-bond acceptors (Lipinski definition) is 5. The van der Waals surface area contributed by atoms with E-state index in [1.807, 2.05) is 50.2 Å². The van der Waals surface area contributed by atoms with E-state index in [-0.39, 0.29) is 5.75 Å². The molecule has 0 saturated heterocycles. The van der Waals surface area contributed by atoms with E-state index in [1.54, 1.807) is 49.4 Å². The number of benzene rings is 4. The largest absolute Gasteiger partial charge is 0.647 e. The maximum absolute atomic E-state index is 14.0. The molecule has 0 aliphatic carbocycles. The molecule has 158 valence electrons. The normalized spacial score (nSPS) is 11.3. The number of phenols is 1.